The van der Waals surface area contributed by atoms with Gasteiger partial charge in [-0.25, -0.2) is 0 Å². The summed E-state index contributed by atoms with van der Waals surface area (Å²) in [6.07, 6.45) is 24.3. The molecule has 0 saturated carbocycles. The summed E-state index contributed by atoms with van der Waals surface area (Å²) in [5.74, 6) is -0.237. The molecule has 2 fully saturated rings. The molecule has 2 aliphatic rings. The van der Waals surface area contributed by atoms with E-state index in [1.165, 1.54) is 83.5 Å². The van der Waals surface area contributed by atoms with Gasteiger partial charge in [0.1, 0.15) is 48.8 Å². The van der Waals surface area contributed by atoms with Crippen molar-refractivity contribution in [3.63, 3.8) is 0 Å². The molecular formula is C50H91NO13. The van der Waals surface area contributed by atoms with Crippen molar-refractivity contribution in [2.45, 2.75) is 254 Å². The molecule has 0 aromatic rings. The van der Waals surface area contributed by atoms with Crippen molar-refractivity contribution in [3.05, 3.63) is 36.5 Å². The lowest BCUT2D eigenvalue weighted by atomic mass is 9.97. The first-order chi connectivity index (χ1) is 31.1. The summed E-state index contributed by atoms with van der Waals surface area (Å²) in [4.78, 5) is 13.1. The molecule has 2 aliphatic heterocycles. The minimum Gasteiger partial charge on any atom is -0.394 e. The summed E-state index contributed by atoms with van der Waals surface area (Å²) in [6, 6.07) is -0.842. The Kier molecular flexibility index (Phi) is 33.9. The molecule has 0 spiro atoms. The molecule has 12 atom stereocenters. The number of carbonyl (C=O) groups is 1. The van der Waals surface area contributed by atoms with Crippen LogP contribution in [0.3, 0.4) is 0 Å². The Morgan fingerprint density at radius 3 is 1.64 bits per heavy atom. The number of rotatable bonds is 38. The van der Waals surface area contributed by atoms with Crippen molar-refractivity contribution in [1.82, 2.24) is 5.32 Å². The fraction of sp³-hybridized carbons (Fsp3) is 0.860. The molecule has 9 N–H and O–H groups in total. The molecule has 64 heavy (non-hydrogen) atoms. The second kappa shape index (κ2) is 37.2. The van der Waals surface area contributed by atoms with Gasteiger partial charge < -0.3 is 65.1 Å². The maximum absolute atomic E-state index is 13.1. The Hall–Kier alpha value is -1.79. The third-order valence-corrected chi connectivity index (χ3v) is 12.4. The number of nitrogens with one attached hydrogen (secondary N) is 1. The van der Waals surface area contributed by atoms with Crippen molar-refractivity contribution < 1.29 is 64.6 Å². The standard InChI is InChI=1S/C50H91NO13/c1-3-5-7-9-11-13-15-17-18-19-20-22-23-25-27-29-31-33-39(54)38(51-42(55)34-32-30-28-26-24-21-16-14-12-10-8-6-4-2)37-61-49-47(60)45(58)48(41(36-53)63-49)64-50-46(59)44(57)43(56)40(35-52)62-50/h6,8,12,14,21,24,38-41,43-50,52-54,56-60H,3-5,7,9-11,13,15-20,22-23,25-37H2,1-2H3,(H,51,55)/b8-6-,14-12-,24-21-. The maximum Gasteiger partial charge on any atom is 0.220 e. The fourth-order valence-corrected chi connectivity index (χ4v) is 8.25. The van der Waals surface area contributed by atoms with Gasteiger partial charge in [0.15, 0.2) is 12.6 Å². The minimum absolute atomic E-state index is 0.237. The summed E-state index contributed by atoms with van der Waals surface area (Å²) < 4.78 is 22.7. The summed E-state index contributed by atoms with van der Waals surface area (Å²) in [6.45, 7) is 2.71. The third kappa shape index (κ3) is 24.3. The molecule has 14 heteroatoms. The number of hydrogen-bond donors (Lipinski definition) is 9. The summed E-state index contributed by atoms with van der Waals surface area (Å²) in [5.41, 5.74) is 0. The Morgan fingerprint density at radius 2 is 1.08 bits per heavy atom. The molecule has 0 bridgehead atoms. The van der Waals surface area contributed by atoms with Crippen molar-refractivity contribution in [3.8, 4) is 0 Å². The van der Waals surface area contributed by atoms with Crippen molar-refractivity contribution in [2.24, 2.45) is 0 Å². The Bertz CT molecular complexity index is 1220. The maximum atomic E-state index is 13.1. The predicted octanol–water partition coefficient (Wildman–Crippen LogP) is 6.32. The lowest BCUT2D eigenvalue weighted by Gasteiger charge is -2.46. The van der Waals surface area contributed by atoms with Crippen LogP contribution in [0.4, 0.5) is 0 Å². The van der Waals surface area contributed by atoms with Gasteiger partial charge in [-0.2, -0.15) is 0 Å². The van der Waals surface area contributed by atoms with Crippen LogP contribution in [0, 0.1) is 0 Å². The first-order valence-electron chi connectivity index (χ1n) is 25.2. The van der Waals surface area contributed by atoms with E-state index >= 15 is 0 Å². The first kappa shape index (κ1) is 58.3. The van der Waals surface area contributed by atoms with Gasteiger partial charge in [0, 0.05) is 6.42 Å². The van der Waals surface area contributed by atoms with Crippen molar-refractivity contribution in [2.75, 3.05) is 19.8 Å². The Labute approximate surface area is 385 Å². The number of aliphatic hydroxyl groups excluding tert-OH is 8. The van der Waals surface area contributed by atoms with Gasteiger partial charge in [-0.3, -0.25) is 4.79 Å². The van der Waals surface area contributed by atoms with E-state index in [1.54, 1.807) is 0 Å². The SMILES string of the molecule is CC/C=C\C/C=C\C/C=C\CCCCCC(=O)NC(COC1OC(CO)C(OC2OC(CO)C(O)C(O)C2O)C(O)C1O)C(O)CCCCCCCCCCCCCCCCCCC. The van der Waals surface area contributed by atoms with E-state index in [9.17, 15) is 45.6 Å². The Balaban J connectivity index is 1.85. The molecule has 12 unspecified atom stereocenters. The average molecular weight is 914 g/mol. The third-order valence-electron chi connectivity index (χ3n) is 12.4. The average Bonchev–Trinajstić information content (AvgIpc) is 3.29. The lowest BCUT2D eigenvalue weighted by molar-refractivity contribution is -0.359. The largest absolute Gasteiger partial charge is 0.394 e. The number of carbonyl (C=O) groups excluding carboxylic acids is 1. The number of aliphatic hydroxyl groups is 8. The van der Waals surface area contributed by atoms with Gasteiger partial charge in [-0.05, 0) is 44.9 Å². The van der Waals surface area contributed by atoms with Crippen LogP contribution in [-0.4, -0.2) is 140 Å². The fourth-order valence-electron chi connectivity index (χ4n) is 8.25. The highest BCUT2D eigenvalue weighted by Gasteiger charge is 2.51. The van der Waals surface area contributed by atoms with E-state index in [1.807, 2.05) is 0 Å². The number of amides is 1. The van der Waals surface area contributed by atoms with Crippen LogP contribution in [0.1, 0.15) is 181 Å². The molecule has 2 saturated heterocycles. The van der Waals surface area contributed by atoms with Gasteiger partial charge in [-0.1, -0.05) is 166 Å². The van der Waals surface area contributed by atoms with Gasteiger partial charge in [0.2, 0.25) is 5.91 Å². The second-order valence-corrected chi connectivity index (χ2v) is 17.9. The summed E-state index contributed by atoms with van der Waals surface area (Å²) in [7, 11) is 0. The van der Waals surface area contributed by atoms with Gasteiger partial charge in [0.25, 0.3) is 0 Å². The van der Waals surface area contributed by atoms with E-state index in [0.29, 0.717) is 12.8 Å². The lowest BCUT2D eigenvalue weighted by Crippen LogP contribution is -2.65. The zero-order chi connectivity index (χ0) is 46.8. The zero-order valence-electron chi connectivity index (χ0n) is 39.5. The highest BCUT2D eigenvalue weighted by Crippen LogP contribution is 2.30. The first-order valence-corrected chi connectivity index (χ1v) is 25.2. The van der Waals surface area contributed by atoms with Crippen LogP contribution in [-0.2, 0) is 23.7 Å². The van der Waals surface area contributed by atoms with Gasteiger partial charge in [-0.15, -0.1) is 0 Å². The molecule has 1 amide bonds. The van der Waals surface area contributed by atoms with Crippen LogP contribution in [0.5, 0.6) is 0 Å². The van der Waals surface area contributed by atoms with E-state index in [4.69, 9.17) is 18.9 Å². The topological polar surface area (TPSA) is 228 Å². The second-order valence-electron chi connectivity index (χ2n) is 17.9. The number of hydrogen-bond acceptors (Lipinski definition) is 13. The van der Waals surface area contributed by atoms with E-state index < -0.39 is 86.8 Å². The molecule has 0 radical (unpaired) electrons. The number of allylic oxidation sites excluding steroid dienone is 6. The quantitative estimate of drug-likeness (QED) is 0.0244. The predicted molar refractivity (Wildman–Crippen MR) is 249 cm³/mol. The normalized spacial score (nSPS) is 27.5. The number of unbranched alkanes of at least 4 members (excludes halogenated alkanes) is 19. The minimum atomic E-state index is -1.78. The van der Waals surface area contributed by atoms with Crippen LogP contribution >= 0.6 is 0 Å². The number of ether oxygens (including phenoxy) is 4. The Morgan fingerprint density at radius 1 is 0.578 bits per heavy atom. The van der Waals surface area contributed by atoms with Crippen LogP contribution in [0.15, 0.2) is 36.5 Å². The van der Waals surface area contributed by atoms with E-state index in [-0.39, 0.29) is 18.9 Å². The van der Waals surface area contributed by atoms with Crippen LogP contribution in [0.25, 0.3) is 0 Å². The molecule has 0 aromatic carbocycles. The van der Waals surface area contributed by atoms with Crippen LogP contribution < -0.4 is 5.32 Å². The monoisotopic (exact) mass is 914 g/mol. The summed E-state index contributed by atoms with van der Waals surface area (Å²) >= 11 is 0. The smallest absolute Gasteiger partial charge is 0.220 e. The van der Waals surface area contributed by atoms with Gasteiger partial charge >= 0.3 is 0 Å². The molecule has 374 valence electrons. The highest BCUT2D eigenvalue weighted by molar-refractivity contribution is 5.76. The summed E-state index contributed by atoms with van der Waals surface area (Å²) in [5, 5.41) is 86.8. The van der Waals surface area contributed by atoms with Crippen molar-refractivity contribution in [1.29, 1.82) is 0 Å². The molecular weight excluding hydrogens is 823 g/mol. The highest BCUT2D eigenvalue weighted by atomic mass is 16.7. The van der Waals surface area contributed by atoms with Crippen LogP contribution in [0.2, 0.25) is 0 Å². The molecule has 2 rings (SSSR count). The zero-order valence-corrected chi connectivity index (χ0v) is 39.5. The van der Waals surface area contributed by atoms with E-state index in [0.717, 1.165) is 64.2 Å². The molecule has 0 aliphatic carbocycles. The van der Waals surface area contributed by atoms with Gasteiger partial charge in [0.05, 0.1) is 32.0 Å². The van der Waals surface area contributed by atoms with E-state index in [2.05, 4.69) is 55.6 Å². The molecule has 14 nitrogen and oxygen atoms in total. The molecule has 0 aromatic heterocycles. The van der Waals surface area contributed by atoms with Crippen molar-refractivity contribution >= 4 is 5.91 Å². The molecule has 2 heterocycles.